The van der Waals surface area contributed by atoms with E-state index in [9.17, 15) is 0 Å². The Kier molecular flexibility index (Phi) is 7.54. The molecule has 0 unspecified atom stereocenters. The second-order valence-electron chi connectivity index (χ2n) is 9.95. The van der Waals surface area contributed by atoms with E-state index in [0.29, 0.717) is 22.4 Å². The van der Waals surface area contributed by atoms with Crippen LogP contribution in [0.2, 0.25) is 0 Å². The molecule has 5 aromatic carbocycles. The molecular formula is C39H27IrN3O-2. The molecule has 0 spiro atoms. The van der Waals surface area contributed by atoms with Crippen LogP contribution >= 0.6 is 0 Å². The zero-order chi connectivity index (χ0) is 31.5. The maximum absolute atomic E-state index is 7.80. The number of fused-ring (bicyclic) bond motifs is 2. The van der Waals surface area contributed by atoms with E-state index in [1.807, 2.05) is 84.9 Å². The predicted octanol–water partition coefficient (Wildman–Crippen LogP) is 9.76. The first-order chi connectivity index (χ1) is 22.5. The molecule has 5 heteroatoms. The average molecular weight is 749 g/mol. The molecule has 3 aromatic heterocycles. The van der Waals surface area contributed by atoms with Crippen molar-refractivity contribution in [2.75, 3.05) is 0 Å². The number of hydrogen-bond donors (Lipinski definition) is 0. The monoisotopic (exact) mass is 749 g/mol. The minimum absolute atomic E-state index is 0. The quantitative estimate of drug-likeness (QED) is 0.169. The largest absolute Gasteiger partial charge is 0.557 e. The van der Waals surface area contributed by atoms with E-state index in [2.05, 4.69) is 58.3 Å². The Labute approximate surface area is 274 Å². The molecule has 1 radical (unpaired) electrons. The number of aromatic nitrogens is 3. The molecule has 0 atom stereocenters. The van der Waals surface area contributed by atoms with E-state index in [1.54, 1.807) is 24.4 Å². The number of imidazole rings is 1. The van der Waals surface area contributed by atoms with Crippen molar-refractivity contribution in [1.82, 2.24) is 14.5 Å². The number of pyridine rings is 1. The molecule has 0 N–H and O–H groups in total. The summed E-state index contributed by atoms with van der Waals surface area (Å²) in [5.74, 6) is 0.648. The predicted molar refractivity (Wildman–Crippen MR) is 174 cm³/mol. The van der Waals surface area contributed by atoms with Crippen LogP contribution in [0, 0.1) is 19.2 Å². The van der Waals surface area contributed by atoms with Crippen molar-refractivity contribution in [2.45, 2.75) is 6.85 Å². The van der Waals surface area contributed by atoms with Crippen molar-refractivity contribution in [2.24, 2.45) is 0 Å². The van der Waals surface area contributed by atoms with Gasteiger partial charge < -0.3 is 14.0 Å². The minimum Gasteiger partial charge on any atom is -0.557 e. The smallest absolute Gasteiger partial charge is 0.0774 e. The summed E-state index contributed by atoms with van der Waals surface area (Å²) in [6.45, 7) is -2.21. The first-order valence-electron chi connectivity index (χ1n) is 15.4. The summed E-state index contributed by atoms with van der Waals surface area (Å²) < 4.78 is 31.1. The van der Waals surface area contributed by atoms with Crippen LogP contribution in [0.25, 0.3) is 61.5 Å². The van der Waals surface area contributed by atoms with Crippen molar-refractivity contribution in [1.29, 1.82) is 0 Å². The SMILES string of the molecule is [2H]C([2H])([2H])c1ccc2o[c-]c(-c3nc4ccccc4n3-c3ccc(-c4ccccc4)cc3)c2c1.[Ir].[c-]1ccccc1-c1ccccn1. The molecule has 0 amide bonds. The van der Waals surface area contributed by atoms with Crippen molar-refractivity contribution < 1.29 is 28.6 Å². The van der Waals surface area contributed by atoms with Gasteiger partial charge in [-0.3, -0.25) is 4.98 Å². The van der Waals surface area contributed by atoms with Crippen LogP contribution in [0.15, 0.2) is 150 Å². The zero-order valence-corrected chi connectivity index (χ0v) is 25.8. The van der Waals surface area contributed by atoms with Crippen LogP contribution in [0.5, 0.6) is 0 Å². The fourth-order valence-corrected chi connectivity index (χ4v) is 5.10. The van der Waals surface area contributed by atoms with E-state index in [1.165, 1.54) is 0 Å². The van der Waals surface area contributed by atoms with E-state index >= 15 is 0 Å². The maximum atomic E-state index is 7.80. The Balaban J connectivity index is 0.000000250. The molecule has 8 aromatic rings. The van der Waals surface area contributed by atoms with Gasteiger partial charge in [0.1, 0.15) is 0 Å². The van der Waals surface area contributed by atoms with Crippen molar-refractivity contribution in [3.8, 4) is 39.5 Å². The Morgan fingerprint density at radius 2 is 1.52 bits per heavy atom. The number of furan rings is 1. The molecule has 8 rings (SSSR count). The Hall–Kier alpha value is -5.09. The maximum Gasteiger partial charge on any atom is 0.0774 e. The summed E-state index contributed by atoms with van der Waals surface area (Å²) in [5.41, 5.74) is 8.46. The van der Waals surface area contributed by atoms with Gasteiger partial charge >= 0.3 is 0 Å². The summed E-state index contributed by atoms with van der Waals surface area (Å²) in [4.78, 5) is 9.10. The van der Waals surface area contributed by atoms with Crippen molar-refractivity contribution >= 4 is 22.0 Å². The molecule has 44 heavy (non-hydrogen) atoms. The van der Waals surface area contributed by atoms with E-state index in [0.717, 1.165) is 39.1 Å². The fraction of sp³-hybridized carbons (Fsp3) is 0.0256. The van der Waals surface area contributed by atoms with Crippen LogP contribution in [0.1, 0.15) is 9.68 Å². The summed E-state index contributed by atoms with van der Waals surface area (Å²) >= 11 is 0. The van der Waals surface area contributed by atoms with Crippen LogP contribution in [-0.2, 0) is 20.1 Å². The van der Waals surface area contributed by atoms with Gasteiger partial charge in [0.25, 0.3) is 0 Å². The van der Waals surface area contributed by atoms with E-state index < -0.39 is 6.85 Å². The van der Waals surface area contributed by atoms with E-state index in [-0.39, 0.29) is 25.7 Å². The molecule has 0 aliphatic rings. The second-order valence-corrected chi connectivity index (χ2v) is 9.95. The van der Waals surface area contributed by atoms with Gasteiger partial charge in [-0.05, 0) is 54.0 Å². The Bertz CT molecular complexity index is 2190. The molecule has 0 aliphatic carbocycles. The van der Waals surface area contributed by atoms with Crippen molar-refractivity contribution in [3.05, 3.63) is 164 Å². The van der Waals surface area contributed by atoms with Gasteiger partial charge in [-0.2, -0.15) is 0 Å². The Morgan fingerprint density at radius 3 is 2.30 bits per heavy atom. The van der Waals surface area contributed by atoms with Gasteiger partial charge in [0.15, 0.2) is 0 Å². The Morgan fingerprint density at radius 1 is 0.750 bits per heavy atom. The van der Waals surface area contributed by atoms with Crippen LogP contribution in [-0.4, -0.2) is 14.5 Å². The van der Waals surface area contributed by atoms with Crippen LogP contribution in [0.3, 0.4) is 0 Å². The van der Waals surface area contributed by atoms with Gasteiger partial charge in [-0.1, -0.05) is 101 Å². The number of aryl methyl sites for hydroxylation is 1. The first kappa shape index (κ1) is 25.4. The number of nitrogens with zero attached hydrogens (tertiary/aromatic N) is 3. The van der Waals surface area contributed by atoms with Crippen LogP contribution < -0.4 is 0 Å². The molecule has 0 fully saturated rings. The topological polar surface area (TPSA) is 43.9 Å². The normalized spacial score (nSPS) is 12.0. The van der Waals surface area contributed by atoms with Crippen LogP contribution in [0.4, 0.5) is 0 Å². The standard InChI is InChI=1S/C28H19N2O.C11H8N.Ir/c1-19-11-16-27-23(17-19)24(18-31-27)28-29-25-9-5-6-10-26(25)30(28)22-14-12-21(13-15-22)20-7-3-2-4-8-20;1-2-6-10(7-3-1)11-8-4-5-9-12-11;/h2-17H,1H3;1-6,8-9H;/q2*-1;/i1D3;;. The zero-order valence-electron chi connectivity index (χ0n) is 26.4. The number of rotatable bonds is 4. The van der Waals surface area contributed by atoms with E-state index in [4.69, 9.17) is 13.5 Å². The second kappa shape index (κ2) is 13.0. The molecule has 3 heterocycles. The third-order valence-corrected chi connectivity index (χ3v) is 7.18. The first-order valence-corrected chi connectivity index (χ1v) is 13.9. The van der Waals surface area contributed by atoms with Crippen molar-refractivity contribution in [3.63, 3.8) is 0 Å². The average Bonchev–Trinajstić information content (AvgIpc) is 3.71. The van der Waals surface area contributed by atoms with Gasteiger partial charge in [0.2, 0.25) is 0 Å². The minimum atomic E-state index is -2.21. The van der Waals surface area contributed by atoms with Gasteiger partial charge in [0.05, 0.1) is 16.9 Å². The fourth-order valence-electron chi connectivity index (χ4n) is 5.10. The van der Waals surface area contributed by atoms with Gasteiger partial charge in [-0.25, -0.2) is 0 Å². The molecule has 0 saturated heterocycles. The summed E-state index contributed by atoms with van der Waals surface area (Å²) in [7, 11) is 0. The molecule has 0 bridgehead atoms. The van der Waals surface area contributed by atoms with Gasteiger partial charge in [-0.15, -0.1) is 35.9 Å². The summed E-state index contributed by atoms with van der Waals surface area (Å²) in [5, 5.41) is 0.672. The van der Waals surface area contributed by atoms with Gasteiger partial charge in [0, 0.05) is 47.9 Å². The molecule has 0 aliphatic heterocycles. The molecule has 4 nitrogen and oxygen atoms in total. The summed E-state index contributed by atoms with van der Waals surface area (Å²) in [6, 6.07) is 48.2. The molecular weight excluding hydrogens is 719 g/mol. The molecule has 0 saturated carbocycles. The molecule has 215 valence electrons. The number of benzene rings is 5. The third-order valence-electron chi connectivity index (χ3n) is 7.18. The third kappa shape index (κ3) is 5.89. The summed E-state index contributed by atoms with van der Waals surface area (Å²) in [6.07, 6.45) is 4.76. The number of para-hydroxylation sites is 2. The number of hydrogen-bond acceptors (Lipinski definition) is 3.